The van der Waals surface area contributed by atoms with E-state index in [0.717, 1.165) is 35.7 Å². The van der Waals surface area contributed by atoms with Gasteiger partial charge in [0, 0.05) is 18.3 Å². The smallest absolute Gasteiger partial charge is 0.0544 e. The first kappa shape index (κ1) is 11.9. The molecule has 0 saturated heterocycles. The number of hydrogen-bond donors (Lipinski definition) is 1. The molecule has 1 N–H and O–H groups in total. The van der Waals surface area contributed by atoms with Gasteiger partial charge in [-0.05, 0) is 56.6 Å². The Hall–Kier alpha value is -1.15. The molecule has 1 aromatic rings. The molecule has 2 aliphatic rings. The number of fused-ring (bicyclic) bond motifs is 2. The molecule has 18 heavy (non-hydrogen) atoms. The Morgan fingerprint density at radius 1 is 1.33 bits per heavy atom. The van der Waals surface area contributed by atoms with E-state index < -0.39 is 0 Å². The van der Waals surface area contributed by atoms with Gasteiger partial charge in [-0.3, -0.25) is 4.98 Å². The SMILES string of the molecule is Cc1cccc(CNC(C)C2CC3C=CC2C3)n1. The lowest BCUT2D eigenvalue weighted by Gasteiger charge is -2.26. The van der Waals surface area contributed by atoms with Crippen LogP contribution in [0.3, 0.4) is 0 Å². The minimum absolute atomic E-state index is 0.590. The van der Waals surface area contributed by atoms with Crippen LogP contribution in [0.15, 0.2) is 30.4 Å². The van der Waals surface area contributed by atoms with Crippen molar-refractivity contribution in [3.63, 3.8) is 0 Å². The molecule has 2 aliphatic carbocycles. The van der Waals surface area contributed by atoms with Gasteiger partial charge in [0.15, 0.2) is 0 Å². The lowest BCUT2D eigenvalue weighted by Crippen LogP contribution is -2.35. The molecule has 1 heterocycles. The van der Waals surface area contributed by atoms with Crippen LogP contribution in [0.1, 0.15) is 31.2 Å². The molecule has 2 nitrogen and oxygen atoms in total. The Morgan fingerprint density at radius 2 is 2.22 bits per heavy atom. The van der Waals surface area contributed by atoms with Crippen LogP contribution in [-0.2, 0) is 6.54 Å². The van der Waals surface area contributed by atoms with E-state index in [1.807, 2.05) is 13.0 Å². The number of aromatic nitrogens is 1. The van der Waals surface area contributed by atoms with Gasteiger partial charge < -0.3 is 5.32 Å². The van der Waals surface area contributed by atoms with Crippen molar-refractivity contribution in [1.29, 1.82) is 0 Å². The molecular formula is C16H22N2. The third kappa shape index (κ3) is 2.35. The first-order valence-corrected chi connectivity index (χ1v) is 7.06. The van der Waals surface area contributed by atoms with Crippen LogP contribution in [0.2, 0.25) is 0 Å². The topological polar surface area (TPSA) is 24.9 Å². The highest BCUT2D eigenvalue weighted by Gasteiger charge is 2.38. The molecule has 0 spiro atoms. The van der Waals surface area contributed by atoms with Crippen molar-refractivity contribution < 1.29 is 0 Å². The Morgan fingerprint density at radius 3 is 2.89 bits per heavy atom. The molecule has 1 saturated carbocycles. The Labute approximate surface area is 110 Å². The number of allylic oxidation sites excluding steroid dienone is 2. The van der Waals surface area contributed by atoms with Crippen molar-refractivity contribution in [2.45, 2.75) is 39.3 Å². The predicted octanol–water partition coefficient (Wildman–Crippen LogP) is 3.08. The first-order valence-electron chi connectivity index (χ1n) is 7.06. The Bertz CT molecular complexity index is 452. The second kappa shape index (κ2) is 4.85. The Kier molecular flexibility index (Phi) is 3.21. The highest BCUT2D eigenvalue weighted by atomic mass is 14.9. The second-order valence-corrected chi connectivity index (χ2v) is 5.88. The summed E-state index contributed by atoms with van der Waals surface area (Å²) in [5.74, 6) is 2.51. The number of aryl methyl sites for hydroxylation is 1. The summed E-state index contributed by atoms with van der Waals surface area (Å²) in [4.78, 5) is 4.54. The van der Waals surface area contributed by atoms with Gasteiger partial charge in [0.1, 0.15) is 0 Å². The molecule has 4 atom stereocenters. The van der Waals surface area contributed by atoms with E-state index in [1.54, 1.807) is 0 Å². The van der Waals surface area contributed by atoms with Crippen LogP contribution in [0, 0.1) is 24.7 Å². The monoisotopic (exact) mass is 242 g/mol. The van der Waals surface area contributed by atoms with E-state index in [2.05, 4.69) is 41.5 Å². The molecule has 2 bridgehead atoms. The molecule has 2 heteroatoms. The average molecular weight is 242 g/mol. The summed E-state index contributed by atoms with van der Waals surface area (Å²) >= 11 is 0. The van der Waals surface area contributed by atoms with Gasteiger partial charge in [-0.1, -0.05) is 18.2 Å². The summed E-state index contributed by atoms with van der Waals surface area (Å²) in [5, 5.41) is 3.66. The fourth-order valence-electron chi connectivity index (χ4n) is 3.51. The van der Waals surface area contributed by atoms with Gasteiger partial charge in [0.2, 0.25) is 0 Å². The number of hydrogen-bond acceptors (Lipinski definition) is 2. The maximum Gasteiger partial charge on any atom is 0.0544 e. The average Bonchev–Trinajstić information content (AvgIpc) is 2.98. The molecule has 3 rings (SSSR count). The molecule has 1 aromatic heterocycles. The van der Waals surface area contributed by atoms with E-state index in [4.69, 9.17) is 0 Å². The van der Waals surface area contributed by atoms with Crippen LogP contribution in [0.25, 0.3) is 0 Å². The molecule has 0 aliphatic heterocycles. The maximum atomic E-state index is 4.54. The number of rotatable bonds is 4. The summed E-state index contributed by atoms with van der Waals surface area (Å²) in [6.07, 6.45) is 7.61. The maximum absolute atomic E-state index is 4.54. The van der Waals surface area contributed by atoms with Crippen LogP contribution in [0.5, 0.6) is 0 Å². The molecule has 4 unspecified atom stereocenters. The third-order valence-corrected chi connectivity index (χ3v) is 4.52. The quantitative estimate of drug-likeness (QED) is 0.821. The first-order chi connectivity index (χ1) is 8.72. The number of nitrogens with zero attached hydrogens (tertiary/aromatic N) is 1. The summed E-state index contributed by atoms with van der Waals surface area (Å²) in [7, 11) is 0. The van der Waals surface area contributed by atoms with Crippen LogP contribution >= 0.6 is 0 Å². The largest absolute Gasteiger partial charge is 0.308 e. The van der Waals surface area contributed by atoms with Gasteiger partial charge >= 0.3 is 0 Å². The number of nitrogens with one attached hydrogen (secondary N) is 1. The predicted molar refractivity (Wildman–Crippen MR) is 74.1 cm³/mol. The molecular weight excluding hydrogens is 220 g/mol. The van der Waals surface area contributed by atoms with Crippen LogP contribution in [0.4, 0.5) is 0 Å². The zero-order valence-corrected chi connectivity index (χ0v) is 11.3. The van der Waals surface area contributed by atoms with Crippen molar-refractivity contribution in [1.82, 2.24) is 10.3 Å². The van der Waals surface area contributed by atoms with Crippen molar-refractivity contribution in [2.24, 2.45) is 17.8 Å². The summed E-state index contributed by atoms with van der Waals surface area (Å²) in [6, 6.07) is 6.83. The fourth-order valence-corrected chi connectivity index (χ4v) is 3.51. The lowest BCUT2D eigenvalue weighted by atomic mass is 9.87. The summed E-state index contributed by atoms with van der Waals surface area (Å²) in [5.41, 5.74) is 2.25. The molecule has 96 valence electrons. The second-order valence-electron chi connectivity index (χ2n) is 5.88. The van der Waals surface area contributed by atoms with Gasteiger partial charge in [-0.25, -0.2) is 0 Å². The summed E-state index contributed by atoms with van der Waals surface area (Å²) < 4.78 is 0. The normalized spacial score (nSPS) is 30.9. The molecule has 1 fully saturated rings. The van der Waals surface area contributed by atoms with Crippen molar-refractivity contribution >= 4 is 0 Å². The van der Waals surface area contributed by atoms with E-state index in [0.29, 0.717) is 6.04 Å². The molecule has 0 amide bonds. The highest BCUT2D eigenvalue weighted by molar-refractivity contribution is 5.12. The van der Waals surface area contributed by atoms with E-state index in [1.165, 1.54) is 12.8 Å². The summed E-state index contributed by atoms with van der Waals surface area (Å²) in [6.45, 7) is 5.27. The van der Waals surface area contributed by atoms with Crippen molar-refractivity contribution in [2.75, 3.05) is 0 Å². The van der Waals surface area contributed by atoms with E-state index in [-0.39, 0.29) is 0 Å². The zero-order chi connectivity index (χ0) is 12.5. The van der Waals surface area contributed by atoms with E-state index in [9.17, 15) is 0 Å². The third-order valence-electron chi connectivity index (χ3n) is 4.52. The van der Waals surface area contributed by atoms with Gasteiger partial charge in [-0.15, -0.1) is 0 Å². The standard InChI is InChI=1S/C16H22N2/c1-11-4-3-5-15(18-11)10-17-12(2)16-9-13-6-7-14(16)8-13/h3-7,12-14,16-17H,8-10H2,1-2H3. The minimum Gasteiger partial charge on any atom is -0.308 e. The number of pyridine rings is 1. The Balaban J connectivity index is 1.56. The van der Waals surface area contributed by atoms with Gasteiger partial charge in [-0.2, -0.15) is 0 Å². The highest BCUT2D eigenvalue weighted by Crippen LogP contribution is 2.44. The lowest BCUT2D eigenvalue weighted by molar-refractivity contribution is 0.325. The van der Waals surface area contributed by atoms with Crippen molar-refractivity contribution in [3.8, 4) is 0 Å². The van der Waals surface area contributed by atoms with Gasteiger partial charge in [0.05, 0.1) is 5.69 Å². The van der Waals surface area contributed by atoms with Gasteiger partial charge in [0.25, 0.3) is 0 Å². The fraction of sp³-hybridized carbons (Fsp3) is 0.562. The molecule has 0 radical (unpaired) electrons. The van der Waals surface area contributed by atoms with E-state index >= 15 is 0 Å². The molecule has 0 aromatic carbocycles. The minimum atomic E-state index is 0.590. The van der Waals surface area contributed by atoms with Crippen LogP contribution in [-0.4, -0.2) is 11.0 Å². The van der Waals surface area contributed by atoms with Crippen molar-refractivity contribution in [3.05, 3.63) is 41.7 Å². The van der Waals surface area contributed by atoms with Crippen LogP contribution < -0.4 is 5.32 Å². The zero-order valence-electron chi connectivity index (χ0n) is 11.3.